The second kappa shape index (κ2) is 7.51. The molecule has 0 spiro atoms. The van der Waals surface area contributed by atoms with Gasteiger partial charge in [0.25, 0.3) is 0 Å². The number of hydrogen-bond acceptors (Lipinski definition) is 2. The average Bonchev–Trinajstić information content (AvgIpc) is 2.27. The Labute approximate surface area is 112 Å². The third-order valence-corrected chi connectivity index (χ3v) is 2.45. The molecule has 0 aromatic heterocycles. The van der Waals surface area contributed by atoms with Crippen molar-refractivity contribution in [1.82, 2.24) is 5.32 Å². The van der Waals surface area contributed by atoms with Crippen LogP contribution in [0.15, 0.2) is 35.3 Å². The number of rotatable bonds is 7. The van der Waals surface area contributed by atoms with Crippen LogP contribution in [0.5, 0.6) is 5.75 Å². The molecule has 0 aliphatic rings. The minimum absolute atomic E-state index is 0.501. The highest BCUT2D eigenvalue weighted by Gasteiger charge is 2.03. The van der Waals surface area contributed by atoms with Crippen molar-refractivity contribution in [3.63, 3.8) is 0 Å². The molecule has 0 aliphatic heterocycles. The van der Waals surface area contributed by atoms with Gasteiger partial charge in [-0.25, -0.2) is 0 Å². The molecule has 1 rings (SSSR count). The largest absolute Gasteiger partial charge is 0.488 e. The molecular formula is C14H20BrNO. The smallest absolute Gasteiger partial charge is 0.124 e. The number of halogens is 1. The number of benzene rings is 1. The average molecular weight is 298 g/mol. The first-order valence-electron chi connectivity index (χ1n) is 5.84. The molecule has 0 bridgehead atoms. The van der Waals surface area contributed by atoms with Crippen molar-refractivity contribution in [2.45, 2.75) is 20.4 Å². The van der Waals surface area contributed by atoms with E-state index in [9.17, 15) is 0 Å². The van der Waals surface area contributed by atoms with Crippen LogP contribution >= 0.6 is 15.9 Å². The predicted octanol–water partition coefficient (Wildman–Crippen LogP) is 3.72. The maximum atomic E-state index is 5.67. The lowest BCUT2D eigenvalue weighted by atomic mass is 10.2. The van der Waals surface area contributed by atoms with E-state index in [4.69, 9.17) is 4.74 Å². The topological polar surface area (TPSA) is 21.3 Å². The summed E-state index contributed by atoms with van der Waals surface area (Å²) in [6.45, 7) is 10.5. The summed E-state index contributed by atoms with van der Waals surface area (Å²) in [4.78, 5) is 0. The van der Waals surface area contributed by atoms with Gasteiger partial charge in [-0.3, -0.25) is 0 Å². The van der Waals surface area contributed by atoms with E-state index in [0.717, 1.165) is 23.3 Å². The van der Waals surface area contributed by atoms with Gasteiger partial charge in [0.2, 0.25) is 0 Å². The van der Waals surface area contributed by atoms with Gasteiger partial charge in [-0.05, 0) is 18.5 Å². The van der Waals surface area contributed by atoms with E-state index in [0.29, 0.717) is 12.5 Å². The van der Waals surface area contributed by atoms with E-state index < -0.39 is 0 Å². The lowest BCUT2D eigenvalue weighted by Crippen LogP contribution is -2.19. The first-order valence-corrected chi connectivity index (χ1v) is 6.63. The van der Waals surface area contributed by atoms with Crippen molar-refractivity contribution in [2.24, 2.45) is 5.92 Å². The molecule has 1 N–H and O–H groups in total. The highest BCUT2D eigenvalue weighted by Crippen LogP contribution is 2.19. The van der Waals surface area contributed by atoms with Gasteiger partial charge in [-0.2, -0.15) is 0 Å². The molecule has 0 unspecified atom stereocenters. The van der Waals surface area contributed by atoms with Gasteiger partial charge in [-0.15, -0.1) is 0 Å². The molecule has 0 radical (unpaired) electrons. The second-order valence-electron chi connectivity index (χ2n) is 4.44. The third-order valence-electron chi connectivity index (χ3n) is 2.22. The van der Waals surface area contributed by atoms with E-state index >= 15 is 0 Å². The normalized spacial score (nSPS) is 10.6. The number of nitrogens with one attached hydrogen (secondary N) is 1. The van der Waals surface area contributed by atoms with Crippen molar-refractivity contribution < 1.29 is 4.74 Å². The minimum Gasteiger partial charge on any atom is -0.488 e. The monoisotopic (exact) mass is 297 g/mol. The van der Waals surface area contributed by atoms with Crippen LogP contribution in [0.1, 0.15) is 19.4 Å². The lowest BCUT2D eigenvalue weighted by Gasteiger charge is -2.12. The number of hydrogen-bond donors (Lipinski definition) is 1. The molecule has 2 nitrogen and oxygen atoms in total. The van der Waals surface area contributed by atoms with Gasteiger partial charge in [-0.1, -0.05) is 54.6 Å². The molecule has 1 aromatic rings. The molecule has 0 atom stereocenters. The molecule has 0 saturated carbocycles. The Kier molecular flexibility index (Phi) is 6.30. The summed E-state index contributed by atoms with van der Waals surface area (Å²) in [5.41, 5.74) is 1.18. The van der Waals surface area contributed by atoms with Crippen molar-refractivity contribution in [3.8, 4) is 5.75 Å². The number of ether oxygens (including phenoxy) is 1. The fourth-order valence-corrected chi connectivity index (χ4v) is 1.56. The van der Waals surface area contributed by atoms with Crippen LogP contribution in [0.4, 0.5) is 0 Å². The molecule has 0 amide bonds. The molecule has 94 valence electrons. The van der Waals surface area contributed by atoms with E-state index in [2.05, 4.69) is 47.7 Å². The van der Waals surface area contributed by atoms with Crippen LogP contribution in [0.25, 0.3) is 0 Å². The summed E-state index contributed by atoms with van der Waals surface area (Å²) in [6.07, 6.45) is 0. The molecule has 0 aliphatic carbocycles. The summed E-state index contributed by atoms with van der Waals surface area (Å²) >= 11 is 3.29. The summed E-state index contributed by atoms with van der Waals surface area (Å²) in [6, 6.07) is 8.09. The van der Waals surface area contributed by atoms with Gasteiger partial charge in [0.05, 0.1) is 0 Å². The SMILES string of the molecule is C=C(Br)COc1ccccc1CNCC(C)C. The van der Waals surface area contributed by atoms with Crippen LogP contribution in [0, 0.1) is 5.92 Å². The van der Waals surface area contributed by atoms with Crippen LogP contribution in [-0.4, -0.2) is 13.2 Å². The van der Waals surface area contributed by atoms with E-state index in [1.807, 2.05) is 18.2 Å². The zero-order valence-electron chi connectivity index (χ0n) is 10.5. The van der Waals surface area contributed by atoms with E-state index in [-0.39, 0.29) is 0 Å². The fourth-order valence-electron chi connectivity index (χ4n) is 1.44. The minimum atomic E-state index is 0.501. The van der Waals surface area contributed by atoms with Crippen molar-refractivity contribution in [1.29, 1.82) is 0 Å². The fraction of sp³-hybridized carbons (Fsp3) is 0.429. The summed E-state index contributed by atoms with van der Waals surface area (Å²) in [7, 11) is 0. The third kappa shape index (κ3) is 5.89. The van der Waals surface area contributed by atoms with Crippen LogP contribution in [-0.2, 0) is 6.54 Å². The van der Waals surface area contributed by atoms with Crippen LogP contribution < -0.4 is 10.1 Å². The lowest BCUT2D eigenvalue weighted by molar-refractivity contribution is 0.355. The first-order chi connectivity index (χ1) is 8.09. The van der Waals surface area contributed by atoms with Gasteiger partial charge in [0.15, 0.2) is 0 Å². The Morgan fingerprint density at radius 3 is 2.76 bits per heavy atom. The molecule has 0 saturated heterocycles. The van der Waals surface area contributed by atoms with E-state index in [1.165, 1.54) is 5.56 Å². The summed E-state index contributed by atoms with van der Waals surface area (Å²) in [5.74, 6) is 1.58. The maximum absolute atomic E-state index is 5.67. The standard InChI is InChI=1S/C14H20BrNO/c1-11(2)8-16-9-13-6-4-5-7-14(13)17-10-12(3)15/h4-7,11,16H,3,8-10H2,1-2H3. The quantitative estimate of drug-likeness (QED) is 0.828. The van der Waals surface area contributed by atoms with E-state index in [1.54, 1.807) is 0 Å². The maximum Gasteiger partial charge on any atom is 0.124 e. The van der Waals surface area contributed by atoms with Gasteiger partial charge >= 0.3 is 0 Å². The molecule has 0 heterocycles. The van der Waals surface area contributed by atoms with Crippen LogP contribution in [0.2, 0.25) is 0 Å². The Morgan fingerprint density at radius 1 is 1.41 bits per heavy atom. The number of para-hydroxylation sites is 1. The highest BCUT2D eigenvalue weighted by molar-refractivity contribution is 9.11. The Balaban J connectivity index is 2.54. The van der Waals surface area contributed by atoms with Crippen LogP contribution in [0.3, 0.4) is 0 Å². The molecule has 3 heteroatoms. The summed E-state index contributed by atoms with van der Waals surface area (Å²) in [5, 5.41) is 3.42. The summed E-state index contributed by atoms with van der Waals surface area (Å²) < 4.78 is 6.52. The molecule has 1 aromatic carbocycles. The Hall–Kier alpha value is -0.800. The van der Waals surface area contributed by atoms with Gasteiger partial charge in [0.1, 0.15) is 12.4 Å². The molecular weight excluding hydrogens is 278 g/mol. The second-order valence-corrected chi connectivity index (χ2v) is 5.56. The zero-order valence-corrected chi connectivity index (χ0v) is 12.1. The van der Waals surface area contributed by atoms with Gasteiger partial charge in [0, 0.05) is 16.6 Å². The first kappa shape index (κ1) is 14.3. The van der Waals surface area contributed by atoms with Crippen molar-refractivity contribution in [2.75, 3.05) is 13.2 Å². The molecule has 0 fully saturated rings. The van der Waals surface area contributed by atoms with Crippen molar-refractivity contribution in [3.05, 3.63) is 40.9 Å². The Bertz CT molecular complexity index is 363. The zero-order chi connectivity index (χ0) is 12.7. The predicted molar refractivity (Wildman–Crippen MR) is 76.5 cm³/mol. The Morgan fingerprint density at radius 2 is 2.12 bits per heavy atom. The molecule has 17 heavy (non-hydrogen) atoms. The van der Waals surface area contributed by atoms with Crippen molar-refractivity contribution >= 4 is 15.9 Å². The van der Waals surface area contributed by atoms with Gasteiger partial charge < -0.3 is 10.1 Å². The highest BCUT2D eigenvalue weighted by atomic mass is 79.9.